The Balaban J connectivity index is 2.05. The van der Waals surface area contributed by atoms with Crippen LogP contribution < -0.4 is 0 Å². The Morgan fingerprint density at radius 2 is 2.05 bits per heavy atom. The lowest BCUT2D eigenvalue weighted by molar-refractivity contribution is 0.0598. The number of thiophene rings is 1. The second kappa shape index (κ2) is 7.38. The van der Waals surface area contributed by atoms with Crippen molar-refractivity contribution in [2.75, 3.05) is 14.2 Å². The molecule has 112 valence electrons. The number of benzene rings is 1. The van der Waals surface area contributed by atoms with Crippen LogP contribution in [0.2, 0.25) is 0 Å². The Hall–Kier alpha value is -1.65. The molecule has 1 heterocycles. The van der Waals surface area contributed by atoms with Gasteiger partial charge in [0.05, 0.1) is 12.7 Å². The summed E-state index contributed by atoms with van der Waals surface area (Å²) in [7, 11) is 3.51. The lowest BCUT2D eigenvalue weighted by Gasteiger charge is -2.25. The van der Waals surface area contributed by atoms with Crippen molar-refractivity contribution in [1.29, 1.82) is 0 Å². The maximum atomic E-state index is 11.8. The minimum atomic E-state index is -0.273. The number of rotatable bonds is 6. The molecule has 1 unspecified atom stereocenters. The Labute approximate surface area is 130 Å². The smallest absolute Gasteiger partial charge is 0.338 e. The molecule has 0 aliphatic carbocycles. The zero-order chi connectivity index (χ0) is 15.2. The number of nitrogens with zero attached hydrogens (tertiary/aromatic N) is 1. The number of hydrogen-bond donors (Lipinski definition) is 0. The van der Waals surface area contributed by atoms with Gasteiger partial charge >= 0.3 is 5.97 Å². The molecule has 0 aliphatic rings. The number of carbonyl (C=O) groups excluding carboxylic acids is 1. The molecule has 1 aromatic heterocycles. The van der Waals surface area contributed by atoms with E-state index in [1.165, 1.54) is 12.0 Å². The van der Waals surface area contributed by atoms with E-state index in [0.29, 0.717) is 11.6 Å². The average Bonchev–Trinajstić information content (AvgIpc) is 2.99. The summed E-state index contributed by atoms with van der Waals surface area (Å²) in [5.41, 5.74) is 1.65. The summed E-state index contributed by atoms with van der Waals surface area (Å²) in [6, 6.07) is 12.3. The van der Waals surface area contributed by atoms with Crippen molar-refractivity contribution in [3.05, 3.63) is 57.8 Å². The fourth-order valence-corrected chi connectivity index (χ4v) is 3.09. The number of likely N-dealkylation sites (N-methyl/N-ethyl adjacent to an activating group) is 1. The molecule has 0 saturated heterocycles. The SMILES string of the molecule is COC(=O)c1ccccc1CN(C)C(C)Cc1cccs1. The molecule has 0 saturated carbocycles. The van der Waals surface area contributed by atoms with E-state index in [4.69, 9.17) is 4.74 Å². The monoisotopic (exact) mass is 303 g/mol. The van der Waals surface area contributed by atoms with Crippen molar-refractivity contribution in [2.24, 2.45) is 0 Å². The number of esters is 1. The lowest BCUT2D eigenvalue weighted by atomic mass is 10.1. The predicted molar refractivity (Wildman–Crippen MR) is 86.7 cm³/mol. The topological polar surface area (TPSA) is 29.5 Å². The van der Waals surface area contributed by atoms with E-state index in [1.807, 2.05) is 24.3 Å². The van der Waals surface area contributed by atoms with E-state index in [2.05, 4.69) is 36.4 Å². The van der Waals surface area contributed by atoms with Crippen molar-refractivity contribution in [3.63, 3.8) is 0 Å². The summed E-state index contributed by atoms with van der Waals surface area (Å²) in [5, 5.41) is 2.11. The van der Waals surface area contributed by atoms with Gasteiger partial charge in [0.15, 0.2) is 0 Å². The second-order valence-electron chi connectivity index (χ2n) is 5.20. The van der Waals surface area contributed by atoms with Gasteiger partial charge in [-0.05, 0) is 43.5 Å². The van der Waals surface area contributed by atoms with Crippen LogP contribution in [0.3, 0.4) is 0 Å². The van der Waals surface area contributed by atoms with E-state index >= 15 is 0 Å². The van der Waals surface area contributed by atoms with Crippen molar-refractivity contribution in [1.82, 2.24) is 4.90 Å². The number of carbonyl (C=O) groups is 1. The molecule has 0 fully saturated rings. The summed E-state index contributed by atoms with van der Waals surface area (Å²) >= 11 is 1.79. The first kappa shape index (κ1) is 15.7. The molecule has 0 N–H and O–H groups in total. The predicted octanol–water partition coefficient (Wildman–Crippen LogP) is 3.60. The Morgan fingerprint density at radius 1 is 1.29 bits per heavy atom. The first-order chi connectivity index (χ1) is 10.1. The van der Waals surface area contributed by atoms with E-state index in [-0.39, 0.29) is 5.97 Å². The molecule has 0 spiro atoms. The fraction of sp³-hybridized carbons (Fsp3) is 0.353. The third kappa shape index (κ3) is 4.16. The third-order valence-corrected chi connectivity index (χ3v) is 4.57. The largest absolute Gasteiger partial charge is 0.465 e. The summed E-state index contributed by atoms with van der Waals surface area (Å²) in [6.07, 6.45) is 1.02. The van der Waals surface area contributed by atoms with Crippen molar-refractivity contribution in [3.8, 4) is 0 Å². The zero-order valence-electron chi connectivity index (χ0n) is 12.7. The van der Waals surface area contributed by atoms with E-state index in [0.717, 1.165) is 18.5 Å². The highest BCUT2D eigenvalue weighted by Gasteiger charge is 2.16. The molecule has 0 amide bonds. The molecule has 2 rings (SSSR count). The van der Waals surface area contributed by atoms with Crippen LogP contribution in [0, 0.1) is 0 Å². The average molecular weight is 303 g/mol. The third-order valence-electron chi connectivity index (χ3n) is 3.67. The van der Waals surface area contributed by atoms with Gasteiger partial charge < -0.3 is 4.74 Å². The van der Waals surface area contributed by atoms with Crippen LogP contribution in [0.4, 0.5) is 0 Å². The molecule has 2 aromatic rings. The highest BCUT2D eigenvalue weighted by atomic mass is 32.1. The van der Waals surface area contributed by atoms with Crippen LogP contribution in [-0.4, -0.2) is 31.1 Å². The molecule has 0 aliphatic heterocycles. The molecular weight excluding hydrogens is 282 g/mol. The van der Waals surface area contributed by atoms with Gasteiger partial charge in [-0.2, -0.15) is 0 Å². The van der Waals surface area contributed by atoms with Gasteiger partial charge in [0.25, 0.3) is 0 Å². The van der Waals surface area contributed by atoms with Gasteiger partial charge in [-0.3, -0.25) is 4.90 Å². The number of methoxy groups -OCH3 is 1. The van der Waals surface area contributed by atoms with Gasteiger partial charge in [-0.1, -0.05) is 24.3 Å². The Bertz CT molecular complexity index is 580. The Morgan fingerprint density at radius 3 is 2.71 bits per heavy atom. The van der Waals surface area contributed by atoms with Crippen LogP contribution in [0.25, 0.3) is 0 Å². The quantitative estimate of drug-likeness (QED) is 0.764. The molecule has 1 atom stereocenters. The lowest BCUT2D eigenvalue weighted by Crippen LogP contribution is -2.30. The molecule has 4 heteroatoms. The first-order valence-corrected chi connectivity index (χ1v) is 7.88. The van der Waals surface area contributed by atoms with Crippen molar-refractivity contribution in [2.45, 2.75) is 25.9 Å². The normalized spacial score (nSPS) is 12.4. The summed E-state index contributed by atoms with van der Waals surface area (Å²) in [6.45, 7) is 2.94. The summed E-state index contributed by atoms with van der Waals surface area (Å²) in [4.78, 5) is 15.5. The van der Waals surface area contributed by atoms with E-state index < -0.39 is 0 Å². The minimum Gasteiger partial charge on any atom is -0.465 e. The minimum absolute atomic E-state index is 0.273. The maximum absolute atomic E-state index is 11.8. The van der Waals surface area contributed by atoms with Crippen LogP contribution in [0.15, 0.2) is 41.8 Å². The zero-order valence-corrected chi connectivity index (χ0v) is 13.5. The fourth-order valence-electron chi connectivity index (χ4n) is 2.27. The highest BCUT2D eigenvalue weighted by molar-refractivity contribution is 7.09. The van der Waals surface area contributed by atoms with Crippen molar-refractivity contribution < 1.29 is 9.53 Å². The summed E-state index contributed by atoms with van der Waals surface area (Å²) in [5.74, 6) is -0.273. The second-order valence-corrected chi connectivity index (χ2v) is 6.23. The number of hydrogen-bond acceptors (Lipinski definition) is 4. The van der Waals surface area contributed by atoms with Gasteiger partial charge in [-0.25, -0.2) is 4.79 Å². The molecule has 0 bridgehead atoms. The molecular formula is C17H21NO2S. The van der Waals surface area contributed by atoms with E-state index in [9.17, 15) is 4.79 Å². The summed E-state index contributed by atoms with van der Waals surface area (Å²) < 4.78 is 4.85. The van der Waals surface area contributed by atoms with Crippen molar-refractivity contribution >= 4 is 17.3 Å². The van der Waals surface area contributed by atoms with Crippen LogP contribution in [0.1, 0.15) is 27.7 Å². The van der Waals surface area contributed by atoms with Gasteiger partial charge in [-0.15, -0.1) is 11.3 Å². The van der Waals surface area contributed by atoms with Crippen LogP contribution in [0.5, 0.6) is 0 Å². The number of ether oxygens (including phenoxy) is 1. The molecule has 3 nitrogen and oxygen atoms in total. The van der Waals surface area contributed by atoms with Gasteiger partial charge in [0, 0.05) is 17.5 Å². The van der Waals surface area contributed by atoms with E-state index in [1.54, 1.807) is 11.3 Å². The molecule has 1 aromatic carbocycles. The van der Waals surface area contributed by atoms with Crippen LogP contribution >= 0.6 is 11.3 Å². The standard InChI is InChI=1S/C17H21NO2S/c1-13(11-15-8-6-10-21-15)18(2)12-14-7-4-5-9-16(14)17(19)20-3/h4-10,13H,11-12H2,1-3H3. The maximum Gasteiger partial charge on any atom is 0.338 e. The van der Waals surface area contributed by atoms with Crippen LogP contribution in [-0.2, 0) is 17.7 Å². The van der Waals surface area contributed by atoms with Gasteiger partial charge in [0.1, 0.15) is 0 Å². The first-order valence-electron chi connectivity index (χ1n) is 7.00. The highest BCUT2D eigenvalue weighted by Crippen LogP contribution is 2.17. The Kier molecular flexibility index (Phi) is 5.53. The van der Waals surface area contributed by atoms with Gasteiger partial charge in [0.2, 0.25) is 0 Å². The molecule has 21 heavy (non-hydrogen) atoms. The molecule has 0 radical (unpaired) electrons.